The maximum atomic E-state index is 11.2. The number of hydrogen-bond donors (Lipinski definition) is 3. The van der Waals surface area contributed by atoms with Gasteiger partial charge in [-0.25, -0.2) is 9.97 Å². The van der Waals surface area contributed by atoms with Crippen molar-refractivity contribution in [3.63, 3.8) is 0 Å². The minimum atomic E-state index is -0.127. The fourth-order valence-corrected chi connectivity index (χ4v) is 2.74. The van der Waals surface area contributed by atoms with Crippen LogP contribution in [0.3, 0.4) is 0 Å². The number of nitrogens with zero attached hydrogens (tertiary/aromatic N) is 2. The minimum absolute atomic E-state index is 0.127. The monoisotopic (exact) mass is 397 g/mol. The van der Waals surface area contributed by atoms with Crippen molar-refractivity contribution in [3.8, 4) is 5.75 Å². The second-order valence-electron chi connectivity index (χ2n) is 6.10. The number of halogens is 1. The third kappa shape index (κ3) is 4.89. The molecule has 1 aromatic heterocycles. The van der Waals surface area contributed by atoms with Crippen molar-refractivity contribution < 1.29 is 9.53 Å². The summed E-state index contributed by atoms with van der Waals surface area (Å²) in [6.45, 7) is 3.39. The van der Waals surface area contributed by atoms with Gasteiger partial charge in [-0.1, -0.05) is 17.7 Å². The Morgan fingerprint density at radius 3 is 2.46 bits per heavy atom. The van der Waals surface area contributed by atoms with Crippen LogP contribution in [0, 0.1) is 6.92 Å². The Hall–Kier alpha value is -3.32. The molecule has 0 saturated carbocycles. The number of carbonyl (C=O) groups is 1. The molecule has 1 amide bonds. The third-order valence-corrected chi connectivity index (χ3v) is 4.27. The van der Waals surface area contributed by atoms with E-state index in [-0.39, 0.29) is 5.91 Å². The standard InChI is InChI=1S/C20H20ClN5O2/c1-12-7-17(18(28-3)9-16(12)21)26-20-10-19(22-11-23-20)25-15-6-4-5-14(8-15)24-13(2)27/h4-11H,1-3H3,(H,24,27)(H2,22,23,25,26). The number of anilines is 5. The number of benzene rings is 2. The average molecular weight is 398 g/mol. The molecular weight excluding hydrogens is 378 g/mol. The Morgan fingerprint density at radius 1 is 1.04 bits per heavy atom. The maximum absolute atomic E-state index is 11.2. The van der Waals surface area contributed by atoms with Crippen LogP contribution in [0.5, 0.6) is 5.75 Å². The molecule has 0 aliphatic rings. The molecule has 0 fully saturated rings. The fourth-order valence-electron chi connectivity index (χ4n) is 2.59. The third-order valence-electron chi connectivity index (χ3n) is 3.87. The Kier molecular flexibility index (Phi) is 5.96. The molecule has 0 saturated heterocycles. The highest BCUT2D eigenvalue weighted by Crippen LogP contribution is 2.33. The summed E-state index contributed by atoms with van der Waals surface area (Å²) < 4.78 is 5.38. The van der Waals surface area contributed by atoms with Crippen molar-refractivity contribution in [2.45, 2.75) is 13.8 Å². The van der Waals surface area contributed by atoms with Gasteiger partial charge in [-0.3, -0.25) is 4.79 Å². The van der Waals surface area contributed by atoms with Crippen LogP contribution in [-0.2, 0) is 4.79 Å². The lowest BCUT2D eigenvalue weighted by Gasteiger charge is -2.13. The summed E-state index contributed by atoms with van der Waals surface area (Å²) in [6, 6.07) is 12.8. The smallest absolute Gasteiger partial charge is 0.221 e. The lowest BCUT2D eigenvalue weighted by Crippen LogP contribution is -2.06. The first-order chi connectivity index (χ1) is 13.4. The molecule has 3 aromatic rings. The van der Waals surface area contributed by atoms with Gasteiger partial charge in [0.05, 0.1) is 12.8 Å². The van der Waals surface area contributed by atoms with E-state index in [1.54, 1.807) is 19.2 Å². The van der Waals surface area contributed by atoms with Gasteiger partial charge in [0.15, 0.2) is 0 Å². The second-order valence-corrected chi connectivity index (χ2v) is 6.51. The molecule has 0 aliphatic carbocycles. The molecule has 3 rings (SSSR count). The summed E-state index contributed by atoms with van der Waals surface area (Å²) in [5, 5.41) is 9.80. The van der Waals surface area contributed by atoms with E-state index in [9.17, 15) is 4.79 Å². The van der Waals surface area contributed by atoms with E-state index in [1.807, 2.05) is 37.3 Å². The summed E-state index contributed by atoms with van der Waals surface area (Å²) in [5.41, 5.74) is 3.16. The van der Waals surface area contributed by atoms with Gasteiger partial charge in [0.2, 0.25) is 5.91 Å². The topological polar surface area (TPSA) is 88.2 Å². The Labute approximate surface area is 168 Å². The average Bonchev–Trinajstić information content (AvgIpc) is 2.64. The SMILES string of the molecule is COc1cc(Cl)c(C)cc1Nc1cc(Nc2cccc(NC(C)=O)c2)ncn1. The second kappa shape index (κ2) is 8.58. The van der Waals surface area contributed by atoms with Gasteiger partial charge in [-0.15, -0.1) is 0 Å². The molecule has 0 bridgehead atoms. The van der Waals surface area contributed by atoms with Crippen LogP contribution >= 0.6 is 11.6 Å². The van der Waals surface area contributed by atoms with Gasteiger partial charge in [-0.2, -0.15) is 0 Å². The highest BCUT2D eigenvalue weighted by molar-refractivity contribution is 6.31. The van der Waals surface area contributed by atoms with E-state index in [1.165, 1.54) is 13.3 Å². The first-order valence-electron chi connectivity index (χ1n) is 8.52. The summed E-state index contributed by atoms with van der Waals surface area (Å²) in [6.07, 6.45) is 1.46. The van der Waals surface area contributed by atoms with Crippen molar-refractivity contribution in [2.75, 3.05) is 23.1 Å². The van der Waals surface area contributed by atoms with Gasteiger partial charge in [0.25, 0.3) is 0 Å². The number of hydrogen-bond acceptors (Lipinski definition) is 6. The van der Waals surface area contributed by atoms with Crippen LogP contribution in [0.25, 0.3) is 0 Å². The van der Waals surface area contributed by atoms with Gasteiger partial charge in [0.1, 0.15) is 23.7 Å². The lowest BCUT2D eigenvalue weighted by atomic mass is 10.2. The van der Waals surface area contributed by atoms with E-state index in [2.05, 4.69) is 25.9 Å². The van der Waals surface area contributed by atoms with Crippen LogP contribution in [-0.4, -0.2) is 23.0 Å². The molecule has 0 radical (unpaired) electrons. The van der Waals surface area contributed by atoms with E-state index in [0.29, 0.717) is 28.1 Å². The van der Waals surface area contributed by atoms with Gasteiger partial charge >= 0.3 is 0 Å². The van der Waals surface area contributed by atoms with E-state index in [4.69, 9.17) is 16.3 Å². The number of carbonyl (C=O) groups excluding carboxylic acids is 1. The van der Waals surface area contributed by atoms with Gasteiger partial charge in [-0.05, 0) is 36.8 Å². The molecule has 0 atom stereocenters. The number of nitrogens with one attached hydrogen (secondary N) is 3. The number of aryl methyl sites for hydroxylation is 1. The van der Waals surface area contributed by atoms with Crippen LogP contribution in [0.4, 0.5) is 28.7 Å². The molecule has 0 spiro atoms. The summed E-state index contributed by atoms with van der Waals surface area (Å²) >= 11 is 6.16. The van der Waals surface area contributed by atoms with Crippen LogP contribution < -0.4 is 20.7 Å². The molecule has 2 aromatic carbocycles. The Morgan fingerprint density at radius 2 is 1.75 bits per heavy atom. The lowest BCUT2D eigenvalue weighted by molar-refractivity contribution is -0.114. The number of amides is 1. The minimum Gasteiger partial charge on any atom is -0.495 e. The first kappa shape index (κ1) is 19.4. The largest absolute Gasteiger partial charge is 0.495 e. The van der Waals surface area contributed by atoms with Crippen LogP contribution in [0.15, 0.2) is 48.8 Å². The van der Waals surface area contributed by atoms with Crippen LogP contribution in [0.2, 0.25) is 5.02 Å². The molecule has 3 N–H and O–H groups in total. The predicted octanol–water partition coefficient (Wildman–Crippen LogP) is 4.89. The Balaban J connectivity index is 1.80. The molecule has 144 valence electrons. The number of ether oxygens (including phenoxy) is 1. The zero-order valence-corrected chi connectivity index (χ0v) is 16.5. The molecule has 7 nitrogen and oxygen atoms in total. The van der Waals surface area contributed by atoms with Crippen molar-refractivity contribution in [1.82, 2.24) is 9.97 Å². The normalized spacial score (nSPS) is 10.3. The van der Waals surface area contributed by atoms with E-state index >= 15 is 0 Å². The van der Waals surface area contributed by atoms with Crippen molar-refractivity contribution >= 4 is 46.2 Å². The number of methoxy groups -OCH3 is 1. The van der Waals surface area contributed by atoms with Crippen molar-refractivity contribution in [1.29, 1.82) is 0 Å². The van der Waals surface area contributed by atoms with Crippen molar-refractivity contribution in [2.24, 2.45) is 0 Å². The van der Waals surface area contributed by atoms with E-state index < -0.39 is 0 Å². The molecule has 28 heavy (non-hydrogen) atoms. The zero-order valence-electron chi connectivity index (χ0n) is 15.7. The van der Waals surface area contributed by atoms with Crippen LogP contribution in [0.1, 0.15) is 12.5 Å². The quantitative estimate of drug-likeness (QED) is 0.548. The molecule has 1 heterocycles. The Bertz CT molecular complexity index is 1010. The van der Waals surface area contributed by atoms with Gasteiger partial charge in [0, 0.05) is 35.5 Å². The highest BCUT2D eigenvalue weighted by Gasteiger charge is 2.09. The van der Waals surface area contributed by atoms with Crippen molar-refractivity contribution in [3.05, 3.63) is 59.4 Å². The zero-order chi connectivity index (χ0) is 20.1. The number of rotatable bonds is 6. The molecule has 8 heteroatoms. The molecule has 0 aliphatic heterocycles. The van der Waals surface area contributed by atoms with E-state index in [0.717, 1.165) is 16.9 Å². The summed E-state index contributed by atoms with van der Waals surface area (Å²) in [4.78, 5) is 19.7. The number of aromatic nitrogens is 2. The highest BCUT2D eigenvalue weighted by atomic mass is 35.5. The predicted molar refractivity (Wildman–Crippen MR) is 112 cm³/mol. The molecular formula is C20H20ClN5O2. The summed E-state index contributed by atoms with van der Waals surface area (Å²) in [7, 11) is 1.58. The van der Waals surface area contributed by atoms with Gasteiger partial charge < -0.3 is 20.7 Å². The summed E-state index contributed by atoms with van der Waals surface area (Å²) in [5.74, 6) is 1.68. The fraction of sp³-hybridized carbons (Fsp3) is 0.150. The maximum Gasteiger partial charge on any atom is 0.221 e. The first-order valence-corrected chi connectivity index (χ1v) is 8.90. The molecule has 0 unspecified atom stereocenters.